The van der Waals surface area contributed by atoms with E-state index >= 15 is 0 Å². The highest BCUT2D eigenvalue weighted by Gasteiger charge is 2.16. The van der Waals surface area contributed by atoms with E-state index in [0.717, 1.165) is 16.5 Å². The molecule has 3 rings (SSSR count). The molecule has 2 N–H and O–H groups in total. The summed E-state index contributed by atoms with van der Waals surface area (Å²) >= 11 is 6.02. The molecule has 0 aliphatic carbocycles. The van der Waals surface area contributed by atoms with Crippen LogP contribution in [0.2, 0.25) is 5.02 Å². The number of hydrogen-bond acceptors (Lipinski definition) is 2. The Kier molecular flexibility index (Phi) is 3.22. The molecule has 0 aliphatic rings. The number of nitrogens with two attached hydrogens (primary N) is 1. The summed E-state index contributed by atoms with van der Waals surface area (Å²) < 4.78 is 1.91. The molecule has 2 aromatic carbocycles. The molecule has 0 aliphatic heterocycles. The van der Waals surface area contributed by atoms with Crippen molar-refractivity contribution in [2.45, 2.75) is 6.92 Å². The minimum atomic E-state index is -0.0328. The third kappa shape index (κ3) is 2.30. The first kappa shape index (κ1) is 13.7. The van der Waals surface area contributed by atoms with Gasteiger partial charge < -0.3 is 10.3 Å². The fraction of sp³-hybridized carbons (Fsp3) is 0.118. The minimum absolute atomic E-state index is 0.0328. The molecule has 4 heteroatoms. The number of benzene rings is 2. The van der Waals surface area contributed by atoms with Gasteiger partial charge in [0.25, 0.3) is 0 Å². The quantitative estimate of drug-likeness (QED) is 0.575. The van der Waals surface area contributed by atoms with Crippen LogP contribution in [0.5, 0.6) is 0 Å². The lowest BCUT2D eigenvalue weighted by atomic mass is 10.0. The molecule has 0 radical (unpaired) electrons. The molecule has 0 atom stereocenters. The maximum Gasteiger partial charge on any atom is 0.195 e. The Hall–Kier alpha value is -2.26. The zero-order valence-corrected chi connectivity index (χ0v) is 12.6. The molecule has 3 nitrogen and oxygen atoms in total. The van der Waals surface area contributed by atoms with E-state index in [1.54, 1.807) is 12.1 Å². The van der Waals surface area contributed by atoms with E-state index in [1.165, 1.54) is 0 Å². The molecular formula is C17H15ClN2O. The predicted molar refractivity (Wildman–Crippen MR) is 87.0 cm³/mol. The second kappa shape index (κ2) is 4.93. The van der Waals surface area contributed by atoms with Gasteiger partial charge >= 0.3 is 0 Å². The third-order valence-electron chi connectivity index (χ3n) is 3.74. The first-order valence-electron chi connectivity index (χ1n) is 6.63. The normalized spacial score (nSPS) is 11.0. The molecule has 1 aromatic heterocycles. The van der Waals surface area contributed by atoms with Crippen LogP contribution in [0, 0.1) is 6.92 Å². The van der Waals surface area contributed by atoms with Gasteiger partial charge in [0, 0.05) is 46.0 Å². The van der Waals surface area contributed by atoms with Crippen LogP contribution in [0.3, 0.4) is 0 Å². The van der Waals surface area contributed by atoms with Gasteiger partial charge in [-0.15, -0.1) is 0 Å². The Morgan fingerprint density at radius 1 is 1.19 bits per heavy atom. The highest BCUT2D eigenvalue weighted by Crippen LogP contribution is 2.26. The number of halogens is 1. The van der Waals surface area contributed by atoms with Gasteiger partial charge in [-0.3, -0.25) is 4.79 Å². The lowest BCUT2D eigenvalue weighted by Crippen LogP contribution is -2.02. The molecule has 3 aromatic rings. The van der Waals surface area contributed by atoms with Crippen LogP contribution in [0.1, 0.15) is 21.5 Å². The van der Waals surface area contributed by atoms with Crippen molar-refractivity contribution in [2.24, 2.45) is 7.05 Å². The number of ketones is 1. The largest absolute Gasteiger partial charge is 0.398 e. The van der Waals surface area contributed by atoms with Gasteiger partial charge in [0.15, 0.2) is 5.78 Å². The average Bonchev–Trinajstić information content (AvgIpc) is 2.78. The summed E-state index contributed by atoms with van der Waals surface area (Å²) in [5.74, 6) is -0.0328. The van der Waals surface area contributed by atoms with Gasteiger partial charge in [-0.05, 0) is 30.7 Å². The number of anilines is 1. The summed E-state index contributed by atoms with van der Waals surface area (Å²) in [5.41, 5.74) is 9.69. The second-order valence-electron chi connectivity index (χ2n) is 5.22. The third-order valence-corrected chi connectivity index (χ3v) is 3.97. The molecule has 1 heterocycles. The van der Waals surface area contributed by atoms with E-state index in [-0.39, 0.29) is 5.78 Å². The summed E-state index contributed by atoms with van der Waals surface area (Å²) in [6.07, 6.45) is 1.83. The topological polar surface area (TPSA) is 48.0 Å². The van der Waals surface area contributed by atoms with Crippen LogP contribution in [0.4, 0.5) is 5.69 Å². The number of nitrogen functional groups attached to an aromatic ring is 1. The molecule has 0 saturated carbocycles. The van der Waals surface area contributed by atoms with Gasteiger partial charge in [-0.25, -0.2) is 0 Å². The van der Waals surface area contributed by atoms with Gasteiger partial charge in [-0.1, -0.05) is 29.8 Å². The van der Waals surface area contributed by atoms with Crippen molar-refractivity contribution in [3.8, 4) is 0 Å². The minimum Gasteiger partial charge on any atom is -0.398 e. The van der Waals surface area contributed by atoms with E-state index in [0.29, 0.717) is 21.8 Å². The molecule has 0 fully saturated rings. The maximum atomic E-state index is 12.7. The maximum absolute atomic E-state index is 12.7. The SMILES string of the molecule is Cc1ccc(C(=O)c2cn(C)c3cc(Cl)ccc23)cc1N. The van der Waals surface area contributed by atoms with Crippen molar-refractivity contribution < 1.29 is 4.79 Å². The predicted octanol–water partition coefficient (Wildman–Crippen LogP) is 3.95. The number of fused-ring (bicyclic) bond motifs is 1. The van der Waals surface area contributed by atoms with Crippen molar-refractivity contribution in [1.82, 2.24) is 4.57 Å². The Labute approximate surface area is 127 Å². The fourth-order valence-corrected chi connectivity index (χ4v) is 2.64. The van der Waals surface area contributed by atoms with Crippen molar-refractivity contribution in [1.29, 1.82) is 0 Å². The van der Waals surface area contributed by atoms with E-state index < -0.39 is 0 Å². The zero-order valence-electron chi connectivity index (χ0n) is 11.9. The standard InChI is InChI=1S/C17H15ClN2O/c1-10-3-4-11(7-15(10)19)17(21)14-9-20(2)16-8-12(18)5-6-13(14)16/h3-9H,19H2,1-2H3. The first-order valence-corrected chi connectivity index (χ1v) is 7.00. The summed E-state index contributed by atoms with van der Waals surface area (Å²) in [7, 11) is 1.90. The van der Waals surface area contributed by atoms with E-state index in [9.17, 15) is 4.79 Å². The number of carbonyl (C=O) groups excluding carboxylic acids is 1. The van der Waals surface area contributed by atoms with E-state index in [2.05, 4.69) is 0 Å². The molecule has 0 saturated heterocycles. The molecule has 0 unspecified atom stereocenters. The van der Waals surface area contributed by atoms with E-state index in [4.69, 9.17) is 17.3 Å². The first-order chi connectivity index (χ1) is 9.97. The lowest BCUT2D eigenvalue weighted by molar-refractivity contribution is 0.104. The number of hydrogen-bond donors (Lipinski definition) is 1. The zero-order chi connectivity index (χ0) is 15.1. The molecule has 21 heavy (non-hydrogen) atoms. The van der Waals surface area contributed by atoms with Crippen LogP contribution < -0.4 is 5.73 Å². The van der Waals surface area contributed by atoms with E-state index in [1.807, 2.05) is 49.0 Å². The lowest BCUT2D eigenvalue weighted by Gasteiger charge is -2.04. The smallest absolute Gasteiger partial charge is 0.195 e. The van der Waals surface area contributed by atoms with Crippen molar-refractivity contribution in [3.05, 3.63) is 64.3 Å². The number of carbonyl (C=O) groups is 1. The van der Waals surface area contributed by atoms with Crippen LogP contribution in [0.15, 0.2) is 42.6 Å². The highest BCUT2D eigenvalue weighted by molar-refractivity contribution is 6.31. The monoisotopic (exact) mass is 298 g/mol. The van der Waals surface area contributed by atoms with Crippen molar-refractivity contribution in [3.63, 3.8) is 0 Å². The summed E-state index contributed by atoms with van der Waals surface area (Å²) in [6, 6.07) is 10.9. The van der Waals surface area contributed by atoms with Crippen LogP contribution >= 0.6 is 11.6 Å². The van der Waals surface area contributed by atoms with Gasteiger partial charge in [-0.2, -0.15) is 0 Å². The number of aryl methyl sites for hydroxylation is 2. The summed E-state index contributed by atoms with van der Waals surface area (Å²) in [5, 5.41) is 1.55. The fourth-order valence-electron chi connectivity index (χ4n) is 2.48. The van der Waals surface area contributed by atoms with Crippen LogP contribution in [-0.4, -0.2) is 10.4 Å². The van der Waals surface area contributed by atoms with Gasteiger partial charge in [0.05, 0.1) is 0 Å². The Morgan fingerprint density at radius 3 is 2.67 bits per heavy atom. The molecule has 0 spiro atoms. The highest BCUT2D eigenvalue weighted by atomic mass is 35.5. The van der Waals surface area contributed by atoms with Gasteiger partial charge in [0.1, 0.15) is 0 Å². The molecule has 106 valence electrons. The van der Waals surface area contributed by atoms with Gasteiger partial charge in [0.2, 0.25) is 0 Å². The number of aromatic nitrogens is 1. The molecular weight excluding hydrogens is 284 g/mol. The summed E-state index contributed by atoms with van der Waals surface area (Å²) in [4.78, 5) is 12.7. The second-order valence-corrected chi connectivity index (χ2v) is 5.65. The average molecular weight is 299 g/mol. The van der Waals surface area contributed by atoms with Crippen molar-refractivity contribution >= 4 is 34.0 Å². The van der Waals surface area contributed by atoms with Crippen LogP contribution in [-0.2, 0) is 7.05 Å². The number of rotatable bonds is 2. The van der Waals surface area contributed by atoms with Crippen molar-refractivity contribution in [2.75, 3.05) is 5.73 Å². The summed E-state index contributed by atoms with van der Waals surface area (Å²) in [6.45, 7) is 1.92. The Balaban J connectivity index is 2.15. The van der Waals surface area contributed by atoms with Crippen LogP contribution in [0.25, 0.3) is 10.9 Å². The number of nitrogens with zero attached hydrogens (tertiary/aromatic N) is 1. The Bertz CT molecular complexity index is 865. The Morgan fingerprint density at radius 2 is 1.95 bits per heavy atom. The molecule has 0 bridgehead atoms. The molecule has 0 amide bonds.